The quantitative estimate of drug-likeness (QED) is 0.0964. The minimum Gasteiger partial charge on any atom is -0.508 e. The van der Waals surface area contributed by atoms with Gasteiger partial charge in [0.15, 0.2) is 11.5 Å². The van der Waals surface area contributed by atoms with Crippen LogP contribution in [0.15, 0.2) is 36.4 Å². The zero-order valence-electron chi connectivity index (χ0n) is 30.7. The summed E-state index contributed by atoms with van der Waals surface area (Å²) in [4.78, 5) is 31.3. The number of rotatable bonds is 18. The van der Waals surface area contributed by atoms with Gasteiger partial charge < -0.3 is 19.5 Å². The normalized spacial score (nSPS) is 26.3. The third kappa shape index (κ3) is 7.18. The van der Waals surface area contributed by atoms with E-state index in [2.05, 4.69) is 47.1 Å². The van der Waals surface area contributed by atoms with Crippen molar-refractivity contribution >= 4 is 11.9 Å². The van der Waals surface area contributed by atoms with Gasteiger partial charge in [-0.3, -0.25) is 14.5 Å². The van der Waals surface area contributed by atoms with Crippen LogP contribution in [0.1, 0.15) is 133 Å². The largest absolute Gasteiger partial charge is 0.508 e. The summed E-state index contributed by atoms with van der Waals surface area (Å²) in [7, 11) is 0. The zero-order valence-corrected chi connectivity index (χ0v) is 30.7. The van der Waals surface area contributed by atoms with Crippen LogP contribution in [0.3, 0.4) is 0 Å². The van der Waals surface area contributed by atoms with Gasteiger partial charge in [-0.25, -0.2) is 0 Å². The molecule has 1 N–H and O–H groups in total. The van der Waals surface area contributed by atoms with E-state index in [-0.39, 0.29) is 29.2 Å². The standard InChI is InChI=1S/C43H60N2O5/c1-3-4-25-45(39(48)19-15-10-8-6-5-7-9-12-16-31-17-13-11-14-18-31)35-23-22-34-36-27-33-37(47)28-38(49-30(2)46)41-40(33)43(34,42(35)50-41)24-26-44(36)29-32-20-21-32/h11,13-14,17-18,28,32,34-36,42,47H,3-10,12,15-16,19-27,29H2,1-2H3/t34-,35-,36+,42-,43-/m0/s1. The van der Waals surface area contributed by atoms with Crippen LogP contribution >= 0.6 is 0 Å². The fourth-order valence-corrected chi connectivity index (χ4v) is 10.3. The average molecular weight is 685 g/mol. The molecule has 3 fully saturated rings. The number of phenolic OH excluding ortho intramolecular Hbond substituents is 1. The van der Waals surface area contributed by atoms with E-state index in [9.17, 15) is 14.7 Å². The lowest BCUT2D eigenvalue weighted by Gasteiger charge is -2.60. The lowest BCUT2D eigenvalue weighted by Crippen LogP contribution is -2.69. The second-order valence-corrected chi connectivity index (χ2v) is 16.2. The number of amides is 1. The first-order chi connectivity index (χ1) is 24.4. The maximum absolute atomic E-state index is 14.2. The number of hydrogen-bond acceptors (Lipinski definition) is 6. The summed E-state index contributed by atoms with van der Waals surface area (Å²) in [6.45, 7) is 6.52. The van der Waals surface area contributed by atoms with Crippen molar-refractivity contribution in [2.24, 2.45) is 11.8 Å². The SMILES string of the molecule is CCCCN(C(=O)CCCCCCCCCCc1ccccc1)[C@H]1CC[C@H]2[C@H]3Cc4c(O)cc(OC(C)=O)c5c4[C@@]2(CCN3CC2CC2)[C@H]1O5. The zero-order chi connectivity index (χ0) is 34.7. The molecule has 0 radical (unpaired) electrons. The molecule has 7 nitrogen and oxygen atoms in total. The Morgan fingerprint density at radius 2 is 1.72 bits per heavy atom. The predicted molar refractivity (Wildman–Crippen MR) is 197 cm³/mol. The number of nitrogens with zero attached hydrogens (tertiary/aromatic N) is 2. The molecule has 1 spiro atoms. The van der Waals surface area contributed by atoms with Gasteiger partial charge in [0.25, 0.3) is 0 Å². The second kappa shape index (κ2) is 15.7. The molecule has 5 aliphatic rings. The van der Waals surface area contributed by atoms with E-state index >= 15 is 0 Å². The van der Waals surface area contributed by atoms with Gasteiger partial charge in [0.2, 0.25) is 5.91 Å². The summed E-state index contributed by atoms with van der Waals surface area (Å²) in [5.41, 5.74) is 3.22. The van der Waals surface area contributed by atoms with Crippen LogP contribution in [0.4, 0.5) is 0 Å². The van der Waals surface area contributed by atoms with Gasteiger partial charge in [0.1, 0.15) is 11.9 Å². The lowest BCUT2D eigenvalue weighted by atomic mass is 9.50. The number of ether oxygens (including phenoxy) is 2. The molecule has 272 valence electrons. The molecule has 2 bridgehead atoms. The summed E-state index contributed by atoms with van der Waals surface area (Å²) in [5.74, 6) is 2.25. The number of carbonyl (C=O) groups is 2. The van der Waals surface area contributed by atoms with Crippen molar-refractivity contribution < 1.29 is 24.2 Å². The highest BCUT2D eigenvalue weighted by Crippen LogP contribution is 2.66. The molecule has 7 heteroatoms. The highest BCUT2D eigenvalue weighted by molar-refractivity contribution is 5.77. The number of aromatic hydroxyl groups is 1. The van der Waals surface area contributed by atoms with Crippen LogP contribution in [-0.2, 0) is 27.8 Å². The van der Waals surface area contributed by atoms with Crippen LogP contribution in [0.2, 0.25) is 0 Å². The molecule has 50 heavy (non-hydrogen) atoms. The van der Waals surface area contributed by atoms with E-state index in [1.165, 1.54) is 70.3 Å². The summed E-state index contributed by atoms with van der Waals surface area (Å²) in [5, 5.41) is 11.4. The van der Waals surface area contributed by atoms with E-state index in [0.717, 1.165) is 88.0 Å². The van der Waals surface area contributed by atoms with E-state index in [4.69, 9.17) is 9.47 Å². The molecule has 2 aliphatic heterocycles. The number of likely N-dealkylation sites (tertiary alicyclic amines) is 1. The highest BCUT2D eigenvalue weighted by atomic mass is 16.6. The number of carbonyl (C=O) groups excluding carboxylic acids is 2. The molecule has 0 unspecified atom stereocenters. The molecule has 1 saturated heterocycles. The van der Waals surface area contributed by atoms with Crippen LogP contribution in [-0.4, -0.2) is 64.6 Å². The molecular weight excluding hydrogens is 624 g/mol. The summed E-state index contributed by atoms with van der Waals surface area (Å²) < 4.78 is 12.7. The monoisotopic (exact) mass is 684 g/mol. The van der Waals surface area contributed by atoms with Crippen molar-refractivity contribution in [3.05, 3.63) is 53.1 Å². The van der Waals surface area contributed by atoms with E-state index < -0.39 is 5.97 Å². The van der Waals surface area contributed by atoms with Gasteiger partial charge in [-0.1, -0.05) is 82.2 Å². The van der Waals surface area contributed by atoms with Crippen molar-refractivity contribution in [3.8, 4) is 17.2 Å². The molecular formula is C43H60N2O5. The number of unbranched alkanes of at least 4 members (excludes halogenated alkanes) is 8. The number of phenols is 1. The summed E-state index contributed by atoms with van der Waals surface area (Å²) >= 11 is 0. The molecule has 2 saturated carbocycles. The van der Waals surface area contributed by atoms with Crippen molar-refractivity contribution in [1.29, 1.82) is 0 Å². The van der Waals surface area contributed by atoms with Gasteiger partial charge >= 0.3 is 5.97 Å². The van der Waals surface area contributed by atoms with E-state index in [1.54, 1.807) is 6.07 Å². The molecule has 2 aromatic rings. The molecule has 2 aromatic carbocycles. The second-order valence-electron chi connectivity index (χ2n) is 16.2. The predicted octanol–water partition coefficient (Wildman–Crippen LogP) is 8.52. The Kier molecular flexibility index (Phi) is 11.1. The van der Waals surface area contributed by atoms with Crippen molar-refractivity contribution in [3.63, 3.8) is 0 Å². The van der Waals surface area contributed by atoms with Crippen molar-refractivity contribution in [2.45, 2.75) is 153 Å². The fourth-order valence-electron chi connectivity index (χ4n) is 10.3. The van der Waals surface area contributed by atoms with Crippen LogP contribution in [0.25, 0.3) is 0 Å². The van der Waals surface area contributed by atoms with Gasteiger partial charge in [-0.15, -0.1) is 0 Å². The van der Waals surface area contributed by atoms with Crippen molar-refractivity contribution in [1.82, 2.24) is 9.80 Å². The highest BCUT2D eigenvalue weighted by Gasteiger charge is 2.67. The lowest BCUT2D eigenvalue weighted by molar-refractivity contribution is -0.143. The molecule has 5 atom stereocenters. The molecule has 3 aliphatic carbocycles. The first-order valence-electron chi connectivity index (χ1n) is 20.2. The Morgan fingerprint density at radius 3 is 2.44 bits per heavy atom. The van der Waals surface area contributed by atoms with E-state index in [0.29, 0.717) is 29.9 Å². The molecule has 2 heterocycles. The minimum absolute atomic E-state index is 0.0255. The van der Waals surface area contributed by atoms with Crippen LogP contribution < -0.4 is 9.47 Å². The number of piperidine rings is 1. The van der Waals surface area contributed by atoms with Gasteiger partial charge in [0, 0.05) is 55.1 Å². The van der Waals surface area contributed by atoms with E-state index in [1.807, 2.05) is 0 Å². The third-order valence-electron chi connectivity index (χ3n) is 12.9. The Balaban J connectivity index is 1.01. The Morgan fingerprint density at radius 1 is 0.980 bits per heavy atom. The Labute approximate surface area is 300 Å². The number of hydrogen-bond donors (Lipinski definition) is 1. The third-order valence-corrected chi connectivity index (χ3v) is 12.9. The summed E-state index contributed by atoms with van der Waals surface area (Å²) in [6, 6.07) is 12.7. The van der Waals surface area contributed by atoms with Gasteiger partial charge in [-0.2, -0.15) is 0 Å². The number of esters is 1. The maximum Gasteiger partial charge on any atom is 0.308 e. The van der Waals surface area contributed by atoms with Crippen LogP contribution in [0, 0.1) is 11.8 Å². The number of benzene rings is 2. The smallest absolute Gasteiger partial charge is 0.308 e. The minimum atomic E-state index is -0.416. The summed E-state index contributed by atoms with van der Waals surface area (Å²) in [6.07, 6.45) is 19.6. The maximum atomic E-state index is 14.2. The first kappa shape index (κ1) is 35.3. The number of aryl methyl sites for hydroxylation is 1. The molecule has 0 aromatic heterocycles. The first-order valence-corrected chi connectivity index (χ1v) is 20.2. The topological polar surface area (TPSA) is 79.3 Å². The Hall–Kier alpha value is -3.06. The Bertz CT molecular complexity index is 1490. The molecule has 7 rings (SSSR count). The van der Waals surface area contributed by atoms with Crippen LogP contribution in [0.5, 0.6) is 17.2 Å². The molecule has 1 amide bonds. The van der Waals surface area contributed by atoms with Crippen molar-refractivity contribution in [2.75, 3.05) is 19.6 Å². The average Bonchev–Trinajstić information content (AvgIpc) is 3.86. The fraction of sp³-hybridized carbons (Fsp3) is 0.674. The van der Waals surface area contributed by atoms with Gasteiger partial charge in [-0.05, 0) is 88.2 Å². The van der Waals surface area contributed by atoms with Gasteiger partial charge in [0.05, 0.1) is 6.04 Å².